The smallest absolute Gasteiger partial charge is 0.311 e. The van der Waals surface area contributed by atoms with E-state index in [1.807, 2.05) is 62.4 Å². The maximum atomic E-state index is 12.7. The van der Waals surface area contributed by atoms with Crippen molar-refractivity contribution in [2.24, 2.45) is 16.7 Å². The minimum Gasteiger partial charge on any atom is -0.481 e. The average molecular weight is 465 g/mol. The van der Waals surface area contributed by atoms with Crippen LogP contribution in [0.1, 0.15) is 30.5 Å². The van der Waals surface area contributed by atoms with Gasteiger partial charge in [0.05, 0.1) is 5.41 Å². The molecule has 1 saturated carbocycles. The van der Waals surface area contributed by atoms with Gasteiger partial charge in [-0.15, -0.1) is 0 Å². The molecule has 0 saturated heterocycles. The molecule has 0 aliphatic heterocycles. The van der Waals surface area contributed by atoms with E-state index in [9.17, 15) is 9.90 Å². The van der Waals surface area contributed by atoms with Crippen molar-refractivity contribution in [3.8, 4) is 11.1 Å². The Morgan fingerprint density at radius 1 is 1.00 bits per heavy atom. The second-order valence-corrected chi connectivity index (χ2v) is 9.97. The lowest BCUT2D eigenvalue weighted by Crippen LogP contribution is -2.24. The summed E-state index contributed by atoms with van der Waals surface area (Å²) in [6, 6.07) is 23.6. The molecule has 4 rings (SSSR count). The van der Waals surface area contributed by atoms with E-state index < -0.39 is 16.8 Å². The molecule has 0 aromatic heterocycles. The van der Waals surface area contributed by atoms with Gasteiger partial charge in [0, 0.05) is 16.0 Å². The summed E-state index contributed by atoms with van der Waals surface area (Å²) in [5.41, 5.74) is 3.93. The maximum Gasteiger partial charge on any atom is 0.311 e. The fourth-order valence-electron chi connectivity index (χ4n) is 5.03. The molecule has 4 heteroatoms. The lowest BCUT2D eigenvalue weighted by molar-refractivity contribution is -0.145. The normalized spacial score (nSPS) is 21.9. The Morgan fingerprint density at radius 2 is 1.66 bits per heavy atom. The van der Waals surface area contributed by atoms with Gasteiger partial charge in [0.25, 0.3) is 0 Å². The van der Waals surface area contributed by atoms with Gasteiger partial charge in [0.1, 0.15) is 0 Å². The summed E-state index contributed by atoms with van der Waals surface area (Å²) in [6.45, 7) is 6.11. The summed E-state index contributed by atoms with van der Waals surface area (Å²) in [4.78, 5) is 12.7. The third-order valence-corrected chi connectivity index (χ3v) is 7.79. The number of rotatable bonds is 6. The zero-order valence-electron chi connectivity index (χ0n) is 18.4. The summed E-state index contributed by atoms with van der Waals surface area (Å²) in [7, 11) is 0. The maximum absolute atomic E-state index is 12.7. The lowest BCUT2D eigenvalue weighted by Gasteiger charge is -2.19. The van der Waals surface area contributed by atoms with Gasteiger partial charge < -0.3 is 5.11 Å². The van der Waals surface area contributed by atoms with Gasteiger partial charge in [-0.2, -0.15) is 0 Å². The average Bonchev–Trinajstić information content (AvgIpc) is 3.24. The molecule has 0 spiro atoms. The summed E-state index contributed by atoms with van der Waals surface area (Å²) in [5.74, 6) is -0.968. The second kappa shape index (κ2) is 8.42. The molecule has 0 heterocycles. The Morgan fingerprint density at radius 3 is 2.28 bits per heavy atom. The number of benzene rings is 3. The standard InChI is InChI=1S/C28H26Cl2O2/c1-18-21(10-7-11-23(18)19-8-5-4-6-9-19)17-28(26(31)32)25(27(28,2)3)16-24(30)20-12-14-22(29)15-13-20/h4-16,25H,17H2,1-3H3,(H,31,32)/b24-16-/t25-,28-/m0/s1. The predicted molar refractivity (Wildman–Crippen MR) is 133 cm³/mol. The number of halogens is 2. The zero-order valence-corrected chi connectivity index (χ0v) is 19.9. The number of hydrogen-bond acceptors (Lipinski definition) is 1. The number of carboxylic acid groups (broad SMARTS) is 1. The van der Waals surface area contributed by atoms with Crippen LogP contribution in [0.15, 0.2) is 78.9 Å². The number of carbonyl (C=O) groups is 1. The summed E-state index contributed by atoms with van der Waals surface area (Å²) in [5, 5.41) is 11.6. The highest BCUT2D eigenvalue weighted by Crippen LogP contribution is 2.71. The first-order valence-corrected chi connectivity index (χ1v) is 11.4. The summed E-state index contributed by atoms with van der Waals surface area (Å²) >= 11 is 12.6. The molecule has 0 amide bonds. The molecule has 164 valence electrons. The third kappa shape index (κ3) is 3.76. The quantitative estimate of drug-likeness (QED) is 0.402. The molecule has 32 heavy (non-hydrogen) atoms. The van der Waals surface area contributed by atoms with Crippen LogP contribution in [-0.4, -0.2) is 11.1 Å². The van der Waals surface area contributed by atoms with Crippen molar-refractivity contribution < 1.29 is 9.90 Å². The molecule has 1 fully saturated rings. The van der Waals surface area contributed by atoms with Gasteiger partial charge >= 0.3 is 5.97 Å². The van der Waals surface area contributed by atoms with E-state index in [0.717, 1.165) is 27.8 Å². The molecule has 0 radical (unpaired) electrons. The molecule has 1 aliphatic rings. The van der Waals surface area contributed by atoms with Gasteiger partial charge in [-0.1, -0.05) is 104 Å². The van der Waals surface area contributed by atoms with Crippen molar-refractivity contribution in [2.75, 3.05) is 0 Å². The SMILES string of the molecule is Cc1c(C[C@@]2(C(=O)O)[C@@H](/C=C(\Cl)c3ccc(Cl)cc3)C2(C)C)cccc1-c1ccccc1. The monoisotopic (exact) mass is 464 g/mol. The summed E-state index contributed by atoms with van der Waals surface area (Å²) < 4.78 is 0. The van der Waals surface area contributed by atoms with Crippen LogP contribution in [0.2, 0.25) is 5.02 Å². The molecule has 1 N–H and O–H groups in total. The Kier molecular flexibility index (Phi) is 5.96. The van der Waals surface area contributed by atoms with E-state index in [4.69, 9.17) is 23.2 Å². The van der Waals surface area contributed by atoms with Crippen LogP contribution in [0.3, 0.4) is 0 Å². The van der Waals surface area contributed by atoms with Crippen LogP contribution in [0.4, 0.5) is 0 Å². The minimum atomic E-state index is -0.917. The number of carboxylic acids is 1. The first kappa shape index (κ1) is 22.6. The van der Waals surface area contributed by atoms with Crippen molar-refractivity contribution in [1.29, 1.82) is 0 Å². The number of hydrogen-bond donors (Lipinski definition) is 1. The largest absolute Gasteiger partial charge is 0.481 e. The molecule has 2 atom stereocenters. The van der Waals surface area contributed by atoms with E-state index in [1.165, 1.54) is 0 Å². The highest BCUT2D eigenvalue weighted by molar-refractivity contribution is 6.48. The van der Waals surface area contributed by atoms with Crippen LogP contribution < -0.4 is 0 Å². The first-order chi connectivity index (χ1) is 15.2. The van der Waals surface area contributed by atoms with Gasteiger partial charge in [-0.25, -0.2) is 0 Å². The van der Waals surface area contributed by atoms with Gasteiger partial charge in [-0.05, 0) is 58.7 Å². The van der Waals surface area contributed by atoms with Gasteiger partial charge in [-0.3, -0.25) is 4.79 Å². The van der Waals surface area contributed by atoms with Gasteiger partial charge in [0.15, 0.2) is 0 Å². The molecule has 1 aliphatic carbocycles. The highest BCUT2D eigenvalue weighted by atomic mass is 35.5. The van der Waals surface area contributed by atoms with E-state index in [0.29, 0.717) is 16.5 Å². The molecular formula is C28H26Cl2O2. The van der Waals surface area contributed by atoms with Crippen LogP contribution in [-0.2, 0) is 11.2 Å². The Hall–Kier alpha value is -2.55. The fourth-order valence-corrected chi connectivity index (χ4v) is 5.40. The number of aliphatic carboxylic acids is 1. The van der Waals surface area contributed by atoms with Crippen molar-refractivity contribution in [3.63, 3.8) is 0 Å². The van der Waals surface area contributed by atoms with Crippen molar-refractivity contribution >= 4 is 34.2 Å². The molecule has 0 unspecified atom stereocenters. The molecule has 3 aromatic carbocycles. The zero-order chi connectivity index (χ0) is 23.1. The first-order valence-electron chi connectivity index (χ1n) is 10.7. The van der Waals surface area contributed by atoms with E-state index in [2.05, 4.69) is 25.1 Å². The Balaban J connectivity index is 1.70. The molecule has 2 nitrogen and oxygen atoms in total. The predicted octanol–water partition coefficient (Wildman–Crippen LogP) is 7.86. The number of allylic oxidation sites excluding steroid dienone is 1. The lowest BCUT2D eigenvalue weighted by atomic mass is 9.85. The molecule has 3 aromatic rings. The van der Waals surface area contributed by atoms with Crippen LogP contribution in [0.25, 0.3) is 16.2 Å². The molecule has 0 bridgehead atoms. The van der Waals surface area contributed by atoms with Crippen molar-refractivity contribution in [2.45, 2.75) is 27.2 Å². The Labute approximate surface area is 199 Å². The van der Waals surface area contributed by atoms with Crippen LogP contribution >= 0.6 is 23.2 Å². The van der Waals surface area contributed by atoms with Gasteiger partial charge in [0.2, 0.25) is 0 Å². The van der Waals surface area contributed by atoms with E-state index in [-0.39, 0.29) is 5.92 Å². The van der Waals surface area contributed by atoms with Crippen molar-refractivity contribution in [1.82, 2.24) is 0 Å². The van der Waals surface area contributed by atoms with Crippen LogP contribution in [0, 0.1) is 23.7 Å². The van der Waals surface area contributed by atoms with Crippen molar-refractivity contribution in [3.05, 3.63) is 101 Å². The third-order valence-electron chi connectivity index (χ3n) is 7.19. The van der Waals surface area contributed by atoms with E-state index in [1.54, 1.807) is 12.1 Å². The van der Waals surface area contributed by atoms with Crippen LogP contribution in [0.5, 0.6) is 0 Å². The fraction of sp³-hybridized carbons (Fsp3) is 0.250. The molecular weight excluding hydrogens is 439 g/mol. The topological polar surface area (TPSA) is 37.3 Å². The summed E-state index contributed by atoms with van der Waals surface area (Å²) in [6.07, 6.45) is 2.36. The van der Waals surface area contributed by atoms with E-state index >= 15 is 0 Å². The minimum absolute atomic E-state index is 0.185. The highest BCUT2D eigenvalue weighted by Gasteiger charge is 2.74. The second-order valence-electron chi connectivity index (χ2n) is 9.13. The Bertz CT molecular complexity index is 1180.